The predicted molar refractivity (Wildman–Crippen MR) is 100 cm³/mol. The summed E-state index contributed by atoms with van der Waals surface area (Å²) in [6, 6.07) is 0. The molecule has 8 atom stereocenters. The third-order valence-electron chi connectivity index (χ3n) is 8.87. The predicted octanol–water partition coefficient (Wildman–Crippen LogP) is 4.92. The van der Waals surface area contributed by atoms with Crippen molar-refractivity contribution in [3.63, 3.8) is 0 Å². The molecule has 0 heterocycles. The van der Waals surface area contributed by atoms with E-state index in [1.54, 1.807) is 0 Å². The van der Waals surface area contributed by atoms with Crippen molar-refractivity contribution in [3.8, 4) is 0 Å². The van der Waals surface area contributed by atoms with Gasteiger partial charge in [0.25, 0.3) is 0 Å². The third kappa shape index (κ3) is 2.85. The van der Waals surface area contributed by atoms with Crippen LogP contribution in [0.15, 0.2) is 0 Å². The first-order valence-electron chi connectivity index (χ1n) is 10.3. The Bertz CT molecular complexity index is 540. The summed E-state index contributed by atoms with van der Waals surface area (Å²) in [5.74, 6) is 4.05. The van der Waals surface area contributed by atoms with Crippen molar-refractivity contribution in [3.05, 3.63) is 0 Å². The Morgan fingerprint density at radius 3 is 2.56 bits per heavy atom. The molecule has 0 amide bonds. The van der Waals surface area contributed by atoms with Gasteiger partial charge in [-0.05, 0) is 92.8 Å². The molecule has 0 spiro atoms. The second kappa shape index (κ2) is 6.58. The molecular formula is C21H32BrFO2. The van der Waals surface area contributed by atoms with Crippen LogP contribution in [0.4, 0.5) is 4.39 Å². The van der Waals surface area contributed by atoms with Gasteiger partial charge in [0.2, 0.25) is 0 Å². The average Bonchev–Trinajstić information content (AvgIpc) is 2.98. The van der Waals surface area contributed by atoms with E-state index in [2.05, 4.69) is 22.9 Å². The van der Waals surface area contributed by atoms with Crippen LogP contribution in [0.5, 0.6) is 0 Å². The Kier molecular flexibility index (Phi) is 4.84. The number of ketones is 1. The number of rotatable bonds is 3. The molecule has 25 heavy (non-hydrogen) atoms. The van der Waals surface area contributed by atoms with Gasteiger partial charge in [-0.25, -0.2) is 4.39 Å². The Morgan fingerprint density at radius 1 is 1.08 bits per heavy atom. The van der Waals surface area contributed by atoms with Crippen LogP contribution in [0, 0.1) is 40.9 Å². The van der Waals surface area contributed by atoms with Gasteiger partial charge >= 0.3 is 0 Å². The normalized spacial score (nSPS) is 52.2. The molecule has 142 valence electrons. The van der Waals surface area contributed by atoms with E-state index in [0.29, 0.717) is 41.7 Å². The number of fused-ring (bicyclic) bond motifs is 5. The molecule has 4 heteroatoms. The molecule has 1 N–H and O–H groups in total. The van der Waals surface area contributed by atoms with Gasteiger partial charge in [0, 0.05) is 5.92 Å². The minimum Gasteiger partial charge on any atom is -0.387 e. The van der Waals surface area contributed by atoms with Gasteiger partial charge in [0.05, 0.1) is 10.9 Å². The SMILES string of the molecule is CC12CC[C@H]3[C@@H](CC[C@@H]4C[C@@](O)(CF)CC[C@@H]43)[C@@H]1CC[C@@H]2C(=O)CBr. The maximum atomic E-state index is 13.2. The lowest BCUT2D eigenvalue weighted by atomic mass is 9.49. The fourth-order valence-corrected chi connectivity index (χ4v) is 8.10. The summed E-state index contributed by atoms with van der Waals surface area (Å²) in [5.41, 5.74) is -0.842. The molecule has 0 aromatic heterocycles. The smallest absolute Gasteiger partial charge is 0.147 e. The number of carbonyl (C=O) groups excluding carboxylic acids is 1. The van der Waals surface area contributed by atoms with Crippen molar-refractivity contribution in [1.29, 1.82) is 0 Å². The Labute approximate surface area is 159 Å². The van der Waals surface area contributed by atoms with E-state index in [1.807, 2.05) is 0 Å². The summed E-state index contributed by atoms with van der Waals surface area (Å²) in [6.07, 6.45) is 9.39. The number of Topliss-reactive ketones (excluding diaryl/α,β-unsaturated/α-hetero) is 1. The van der Waals surface area contributed by atoms with Gasteiger partial charge in [-0.15, -0.1) is 0 Å². The molecule has 4 rings (SSSR count). The Balaban J connectivity index is 1.52. The van der Waals surface area contributed by atoms with Crippen LogP contribution < -0.4 is 0 Å². The van der Waals surface area contributed by atoms with E-state index in [9.17, 15) is 14.3 Å². The lowest BCUT2D eigenvalue weighted by Gasteiger charge is -2.56. The molecule has 1 unspecified atom stereocenters. The summed E-state index contributed by atoms with van der Waals surface area (Å²) >= 11 is 3.39. The van der Waals surface area contributed by atoms with Crippen LogP contribution in [0.1, 0.15) is 64.7 Å². The standard InChI is InChI=1S/C21H32BrFO2/c1-20-8-6-15-14-7-9-21(25,12-23)10-13(14)2-3-16(15)17(20)4-5-18(20)19(24)11-22/h13-18,25H,2-12H2,1H3/t13-,14+,15-,16-,17+,18-,20?,21-/m1/s1. The van der Waals surface area contributed by atoms with Crippen LogP contribution in [0.25, 0.3) is 0 Å². The van der Waals surface area contributed by atoms with E-state index in [-0.39, 0.29) is 11.3 Å². The van der Waals surface area contributed by atoms with Crippen LogP contribution in [-0.4, -0.2) is 28.5 Å². The lowest BCUT2D eigenvalue weighted by molar-refractivity contribution is -0.131. The van der Waals surface area contributed by atoms with Crippen LogP contribution in [-0.2, 0) is 4.79 Å². The third-order valence-corrected chi connectivity index (χ3v) is 9.43. The van der Waals surface area contributed by atoms with E-state index >= 15 is 0 Å². The molecular weight excluding hydrogens is 383 g/mol. The number of alkyl halides is 2. The molecule has 0 bridgehead atoms. The van der Waals surface area contributed by atoms with E-state index in [0.717, 1.165) is 31.1 Å². The maximum absolute atomic E-state index is 13.2. The average molecular weight is 415 g/mol. The monoisotopic (exact) mass is 414 g/mol. The van der Waals surface area contributed by atoms with Crippen molar-refractivity contribution in [2.75, 3.05) is 12.0 Å². The highest BCUT2D eigenvalue weighted by molar-refractivity contribution is 9.09. The van der Waals surface area contributed by atoms with Gasteiger partial charge in [-0.2, -0.15) is 0 Å². The highest BCUT2D eigenvalue weighted by Crippen LogP contribution is 2.64. The second-order valence-corrected chi connectivity index (χ2v) is 10.4. The van der Waals surface area contributed by atoms with E-state index in [4.69, 9.17) is 0 Å². The zero-order valence-electron chi connectivity index (χ0n) is 15.4. The number of carbonyl (C=O) groups is 1. The van der Waals surface area contributed by atoms with E-state index in [1.165, 1.54) is 25.7 Å². The molecule has 2 nitrogen and oxygen atoms in total. The molecule has 4 aliphatic rings. The highest BCUT2D eigenvalue weighted by atomic mass is 79.9. The first-order chi connectivity index (χ1) is 11.9. The molecule has 0 saturated heterocycles. The molecule has 0 aromatic rings. The van der Waals surface area contributed by atoms with E-state index < -0.39 is 12.3 Å². The van der Waals surface area contributed by atoms with Gasteiger partial charge < -0.3 is 5.11 Å². The zero-order valence-corrected chi connectivity index (χ0v) is 16.9. The van der Waals surface area contributed by atoms with Crippen LogP contribution in [0.2, 0.25) is 0 Å². The van der Waals surface area contributed by atoms with Gasteiger partial charge in [0.1, 0.15) is 12.5 Å². The maximum Gasteiger partial charge on any atom is 0.147 e. The topological polar surface area (TPSA) is 37.3 Å². The summed E-state index contributed by atoms with van der Waals surface area (Å²) in [6.45, 7) is 1.81. The van der Waals surface area contributed by atoms with Crippen LogP contribution in [0.3, 0.4) is 0 Å². The van der Waals surface area contributed by atoms with Crippen molar-refractivity contribution < 1.29 is 14.3 Å². The number of hydrogen-bond donors (Lipinski definition) is 1. The zero-order chi connectivity index (χ0) is 17.8. The Hall–Kier alpha value is 0.0400. The fourth-order valence-electron chi connectivity index (χ4n) is 7.71. The summed E-state index contributed by atoms with van der Waals surface area (Å²) in [7, 11) is 0. The van der Waals surface area contributed by atoms with Crippen molar-refractivity contribution >= 4 is 21.7 Å². The first kappa shape index (κ1) is 18.4. The van der Waals surface area contributed by atoms with Crippen LogP contribution >= 0.6 is 15.9 Å². The molecule has 4 fully saturated rings. The molecule has 0 aliphatic heterocycles. The second-order valence-electron chi connectivity index (χ2n) is 9.81. The van der Waals surface area contributed by atoms with Gasteiger partial charge in [-0.1, -0.05) is 22.9 Å². The molecule has 0 aromatic carbocycles. The quantitative estimate of drug-likeness (QED) is 0.665. The summed E-state index contributed by atoms with van der Waals surface area (Å²) < 4.78 is 13.2. The minimum absolute atomic E-state index is 0.202. The van der Waals surface area contributed by atoms with Crippen molar-refractivity contribution in [2.24, 2.45) is 40.9 Å². The molecule has 0 radical (unpaired) electrons. The largest absolute Gasteiger partial charge is 0.387 e. The first-order valence-corrected chi connectivity index (χ1v) is 11.4. The fraction of sp³-hybridized carbons (Fsp3) is 0.952. The number of hydrogen-bond acceptors (Lipinski definition) is 2. The number of halogens is 2. The molecule has 4 saturated carbocycles. The summed E-state index contributed by atoms with van der Waals surface area (Å²) in [5, 5.41) is 10.9. The van der Waals surface area contributed by atoms with Gasteiger partial charge in [0.15, 0.2) is 0 Å². The molecule has 4 aliphatic carbocycles. The van der Waals surface area contributed by atoms with Gasteiger partial charge in [-0.3, -0.25) is 4.79 Å². The highest BCUT2D eigenvalue weighted by Gasteiger charge is 2.58. The van der Waals surface area contributed by atoms with Crippen molar-refractivity contribution in [1.82, 2.24) is 0 Å². The Morgan fingerprint density at radius 2 is 1.84 bits per heavy atom. The van der Waals surface area contributed by atoms with Crippen molar-refractivity contribution in [2.45, 2.75) is 70.3 Å². The number of aliphatic hydroxyl groups is 1. The minimum atomic E-state index is -1.04. The summed E-state index contributed by atoms with van der Waals surface area (Å²) in [4.78, 5) is 12.5. The lowest BCUT2D eigenvalue weighted by Crippen LogP contribution is -2.52.